The van der Waals surface area contributed by atoms with Crippen LogP contribution in [0.3, 0.4) is 0 Å². The molecular formula is C7H11N3O2. The predicted octanol–water partition coefficient (Wildman–Crippen LogP) is -0.0250. The fourth-order valence-corrected chi connectivity index (χ4v) is 1.64. The van der Waals surface area contributed by atoms with Gasteiger partial charge in [0.1, 0.15) is 0 Å². The van der Waals surface area contributed by atoms with Gasteiger partial charge < -0.3 is 10.5 Å². The number of fused-ring (bicyclic) bond motifs is 1. The van der Waals surface area contributed by atoms with E-state index in [-0.39, 0.29) is 11.9 Å². The third-order valence-corrected chi connectivity index (χ3v) is 2.24. The van der Waals surface area contributed by atoms with Gasteiger partial charge in [0.05, 0.1) is 0 Å². The topological polar surface area (TPSA) is 67.9 Å². The number of amides is 1. The minimum atomic E-state index is -0.612. The van der Waals surface area contributed by atoms with Crippen molar-refractivity contribution >= 4 is 11.9 Å². The zero-order valence-corrected chi connectivity index (χ0v) is 6.91. The summed E-state index contributed by atoms with van der Waals surface area (Å²) in [6, 6.07) is 0.0905. The number of amidine groups is 1. The summed E-state index contributed by atoms with van der Waals surface area (Å²) in [7, 11) is 0. The van der Waals surface area contributed by atoms with Gasteiger partial charge in [-0.25, -0.2) is 0 Å². The van der Waals surface area contributed by atoms with Crippen molar-refractivity contribution in [2.45, 2.75) is 31.9 Å². The van der Waals surface area contributed by atoms with Crippen molar-refractivity contribution in [3.05, 3.63) is 0 Å². The third kappa shape index (κ3) is 0.855. The Hall–Kier alpha value is -1.26. The number of nitrogens with two attached hydrogens (primary N) is 1. The van der Waals surface area contributed by atoms with Gasteiger partial charge >= 0.3 is 6.02 Å². The quantitative estimate of drug-likeness (QED) is 0.554. The summed E-state index contributed by atoms with van der Waals surface area (Å²) in [5, 5.41) is 5.17. The Morgan fingerprint density at radius 2 is 2.50 bits per heavy atom. The van der Waals surface area contributed by atoms with Crippen LogP contribution in [0.4, 0.5) is 0 Å². The summed E-state index contributed by atoms with van der Waals surface area (Å²) in [4.78, 5) is 11.3. The molecule has 1 saturated heterocycles. The molecule has 0 aromatic carbocycles. The minimum Gasteiger partial charge on any atom is -0.436 e. The summed E-state index contributed by atoms with van der Waals surface area (Å²) in [6.07, 6.45) is 2.17. The first-order valence-electron chi connectivity index (χ1n) is 3.98. The molecule has 5 heteroatoms. The van der Waals surface area contributed by atoms with Crippen LogP contribution in [0.15, 0.2) is 5.10 Å². The van der Waals surface area contributed by atoms with E-state index in [9.17, 15) is 4.79 Å². The van der Waals surface area contributed by atoms with Crippen LogP contribution in [0.2, 0.25) is 0 Å². The molecule has 1 amide bonds. The smallest absolute Gasteiger partial charge is 0.306 e. The molecule has 1 atom stereocenters. The molecule has 66 valence electrons. The molecule has 5 nitrogen and oxygen atoms in total. The first-order chi connectivity index (χ1) is 5.62. The van der Waals surface area contributed by atoms with Crippen LogP contribution in [0, 0.1) is 0 Å². The standard InChI is InChI=1S/C7H11N3O2/c1-7-4-2-3-5(11)10(7)9-6(8)12-7/h2-4H2,1H3,(H2,8,9). The number of piperidine rings is 1. The Bertz CT molecular complexity index is 263. The number of carbonyl (C=O) groups excluding carboxylic acids is 1. The molecule has 12 heavy (non-hydrogen) atoms. The van der Waals surface area contributed by atoms with E-state index < -0.39 is 5.72 Å². The van der Waals surface area contributed by atoms with Crippen LogP contribution >= 0.6 is 0 Å². The maximum absolute atomic E-state index is 11.3. The summed E-state index contributed by atoms with van der Waals surface area (Å²) in [5.41, 5.74) is 4.76. The van der Waals surface area contributed by atoms with E-state index in [1.807, 2.05) is 6.92 Å². The lowest BCUT2D eigenvalue weighted by Gasteiger charge is -2.34. The molecule has 0 aromatic rings. The van der Waals surface area contributed by atoms with Crippen molar-refractivity contribution in [1.82, 2.24) is 5.01 Å². The number of hydrogen-bond donors (Lipinski definition) is 1. The van der Waals surface area contributed by atoms with Crippen LogP contribution in [-0.4, -0.2) is 22.7 Å². The molecule has 0 radical (unpaired) electrons. The van der Waals surface area contributed by atoms with Crippen LogP contribution in [0.25, 0.3) is 0 Å². The molecule has 0 bridgehead atoms. The van der Waals surface area contributed by atoms with Crippen molar-refractivity contribution in [2.75, 3.05) is 0 Å². The van der Waals surface area contributed by atoms with Gasteiger partial charge in [0.15, 0.2) is 0 Å². The zero-order valence-electron chi connectivity index (χ0n) is 6.91. The number of nitrogens with zero attached hydrogens (tertiary/aromatic N) is 2. The van der Waals surface area contributed by atoms with Gasteiger partial charge in [-0.3, -0.25) is 4.79 Å². The van der Waals surface area contributed by atoms with Gasteiger partial charge in [0, 0.05) is 12.8 Å². The van der Waals surface area contributed by atoms with Crippen molar-refractivity contribution < 1.29 is 9.53 Å². The highest BCUT2D eigenvalue weighted by molar-refractivity contribution is 5.83. The van der Waals surface area contributed by atoms with Gasteiger partial charge in [0.25, 0.3) is 0 Å². The van der Waals surface area contributed by atoms with Gasteiger partial charge in [0.2, 0.25) is 11.6 Å². The molecule has 2 rings (SSSR count). The number of ether oxygens (including phenoxy) is 1. The summed E-state index contributed by atoms with van der Waals surface area (Å²) < 4.78 is 5.26. The maximum atomic E-state index is 11.3. The van der Waals surface area contributed by atoms with E-state index in [0.29, 0.717) is 6.42 Å². The second-order valence-electron chi connectivity index (χ2n) is 3.27. The monoisotopic (exact) mass is 169 g/mol. The largest absolute Gasteiger partial charge is 0.436 e. The zero-order chi connectivity index (χ0) is 8.77. The van der Waals surface area contributed by atoms with Crippen molar-refractivity contribution in [1.29, 1.82) is 0 Å². The third-order valence-electron chi connectivity index (χ3n) is 2.24. The lowest BCUT2D eigenvalue weighted by Crippen LogP contribution is -2.48. The van der Waals surface area contributed by atoms with E-state index in [2.05, 4.69) is 5.10 Å². The molecule has 0 aliphatic carbocycles. The Morgan fingerprint density at radius 1 is 1.75 bits per heavy atom. The van der Waals surface area contributed by atoms with Crippen LogP contribution in [0.1, 0.15) is 26.2 Å². The van der Waals surface area contributed by atoms with Gasteiger partial charge in [-0.1, -0.05) is 0 Å². The first kappa shape index (κ1) is 7.39. The van der Waals surface area contributed by atoms with E-state index in [1.54, 1.807) is 0 Å². The highest BCUT2D eigenvalue weighted by atomic mass is 16.6. The average Bonchev–Trinajstić information content (AvgIpc) is 2.26. The average molecular weight is 169 g/mol. The first-order valence-corrected chi connectivity index (χ1v) is 3.98. The molecule has 0 spiro atoms. The molecule has 2 aliphatic rings. The van der Waals surface area contributed by atoms with Gasteiger partial charge in [-0.15, -0.1) is 5.10 Å². The Balaban J connectivity index is 2.30. The van der Waals surface area contributed by atoms with Gasteiger partial charge in [-0.2, -0.15) is 5.01 Å². The predicted molar refractivity (Wildman–Crippen MR) is 41.8 cm³/mol. The summed E-state index contributed by atoms with van der Waals surface area (Å²) in [5.74, 6) is -0.01000. The molecule has 1 fully saturated rings. The highest BCUT2D eigenvalue weighted by Crippen LogP contribution is 2.33. The molecule has 2 heterocycles. The maximum Gasteiger partial charge on any atom is 0.306 e. The Kier molecular flexibility index (Phi) is 1.31. The number of hydrazone groups is 1. The number of rotatable bonds is 0. The van der Waals surface area contributed by atoms with Crippen molar-refractivity contribution in [3.63, 3.8) is 0 Å². The molecular weight excluding hydrogens is 158 g/mol. The normalized spacial score (nSPS) is 34.2. The fourth-order valence-electron chi connectivity index (χ4n) is 1.64. The van der Waals surface area contributed by atoms with Crippen molar-refractivity contribution in [3.8, 4) is 0 Å². The van der Waals surface area contributed by atoms with Crippen LogP contribution in [-0.2, 0) is 9.53 Å². The van der Waals surface area contributed by atoms with E-state index in [0.717, 1.165) is 12.8 Å². The lowest BCUT2D eigenvalue weighted by molar-refractivity contribution is -0.154. The van der Waals surface area contributed by atoms with Crippen LogP contribution < -0.4 is 5.73 Å². The van der Waals surface area contributed by atoms with Crippen molar-refractivity contribution in [2.24, 2.45) is 10.8 Å². The molecule has 2 N–H and O–H groups in total. The number of carbonyl (C=O) groups is 1. The van der Waals surface area contributed by atoms with E-state index in [4.69, 9.17) is 10.5 Å². The van der Waals surface area contributed by atoms with E-state index >= 15 is 0 Å². The second kappa shape index (κ2) is 2.12. The Labute approximate surface area is 70.2 Å². The van der Waals surface area contributed by atoms with E-state index in [1.165, 1.54) is 5.01 Å². The van der Waals surface area contributed by atoms with Gasteiger partial charge in [-0.05, 0) is 13.3 Å². The number of hydrogen-bond acceptors (Lipinski definition) is 4. The molecule has 1 unspecified atom stereocenters. The van der Waals surface area contributed by atoms with Crippen LogP contribution in [0.5, 0.6) is 0 Å². The fraction of sp³-hybridized carbons (Fsp3) is 0.714. The molecule has 0 saturated carbocycles. The Morgan fingerprint density at radius 3 is 3.17 bits per heavy atom. The minimum absolute atomic E-state index is 0.01000. The molecule has 0 aromatic heterocycles. The molecule has 2 aliphatic heterocycles. The summed E-state index contributed by atoms with van der Waals surface area (Å²) in [6.45, 7) is 1.83. The lowest BCUT2D eigenvalue weighted by atomic mass is 10.0. The SMILES string of the molecule is CC12CCCC(=O)N1N=C(N)O2. The second-order valence-corrected chi connectivity index (χ2v) is 3.27. The summed E-state index contributed by atoms with van der Waals surface area (Å²) >= 11 is 0. The highest BCUT2D eigenvalue weighted by Gasteiger charge is 2.45.